The number of hydrogen-bond acceptors (Lipinski definition) is 3. The fourth-order valence-corrected chi connectivity index (χ4v) is 2.66. The molecule has 2 atom stereocenters. The molecule has 0 amide bonds. The number of likely N-dealkylation sites (tertiary alicyclic amines) is 1. The third kappa shape index (κ3) is 2.75. The van der Waals surface area contributed by atoms with Crippen LogP contribution >= 0.6 is 0 Å². The SMILES string of the molecule is CCc1ccc(CN2CCC[C@H](C(=O)O)[C@@H]2C)o1. The molecule has 1 aromatic heterocycles. The molecule has 1 aliphatic rings. The van der Waals surface area contributed by atoms with Crippen molar-refractivity contribution in [3.8, 4) is 0 Å². The highest BCUT2D eigenvalue weighted by molar-refractivity contribution is 5.70. The molecule has 1 saturated heterocycles. The van der Waals surface area contributed by atoms with Crippen molar-refractivity contribution in [2.24, 2.45) is 5.92 Å². The van der Waals surface area contributed by atoms with E-state index in [0.717, 1.165) is 37.3 Å². The highest BCUT2D eigenvalue weighted by Gasteiger charge is 2.33. The van der Waals surface area contributed by atoms with Crippen LogP contribution in [0.1, 0.15) is 38.2 Å². The highest BCUT2D eigenvalue weighted by atomic mass is 16.4. The van der Waals surface area contributed by atoms with Crippen molar-refractivity contribution >= 4 is 5.97 Å². The van der Waals surface area contributed by atoms with Crippen molar-refractivity contribution in [2.75, 3.05) is 6.54 Å². The van der Waals surface area contributed by atoms with Crippen LogP contribution in [-0.2, 0) is 17.8 Å². The first-order valence-corrected chi connectivity index (χ1v) is 6.66. The zero-order valence-corrected chi connectivity index (χ0v) is 11.1. The fourth-order valence-electron chi connectivity index (χ4n) is 2.66. The van der Waals surface area contributed by atoms with Crippen molar-refractivity contribution in [3.05, 3.63) is 23.7 Å². The van der Waals surface area contributed by atoms with Crippen molar-refractivity contribution in [2.45, 2.75) is 45.7 Å². The number of aliphatic carboxylic acids is 1. The van der Waals surface area contributed by atoms with Gasteiger partial charge >= 0.3 is 5.97 Å². The minimum absolute atomic E-state index is 0.0754. The second-order valence-electron chi connectivity index (χ2n) is 5.02. The van der Waals surface area contributed by atoms with Gasteiger partial charge in [0, 0.05) is 12.5 Å². The van der Waals surface area contributed by atoms with Crippen LogP contribution < -0.4 is 0 Å². The molecule has 1 N–H and O–H groups in total. The van der Waals surface area contributed by atoms with Crippen molar-refractivity contribution in [1.82, 2.24) is 4.90 Å². The Morgan fingerprint density at radius 1 is 1.50 bits per heavy atom. The maximum Gasteiger partial charge on any atom is 0.308 e. The molecule has 1 aliphatic heterocycles. The van der Waals surface area contributed by atoms with Crippen LogP contribution in [0.3, 0.4) is 0 Å². The first-order valence-electron chi connectivity index (χ1n) is 6.66. The molecule has 18 heavy (non-hydrogen) atoms. The second kappa shape index (κ2) is 5.57. The van der Waals surface area contributed by atoms with Crippen molar-refractivity contribution in [1.29, 1.82) is 0 Å². The fraction of sp³-hybridized carbons (Fsp3) is 0.643. The van der Waals surface area contributed by atoms with Gasteiger partial charge in [0.15, 0.2) is 0 Å². The number of piperidine rings is 1. The van der Waals surface area contributed by atoms with E-state index in [2.05, 4.69) is 11.8 Å². The van der Waals surface area contributed by atoms with Gasteiger partial charge in [-0.2, -0.15) is 0 Å². The number of carboxylic acid groups (broad SMARTS) is 1. The van der Waals surface area contributed by atoms with E-state index in [9.17, 15) is 9.90 Å². The molecule has 0 aliphatic carbocycles. The van der Waals surface area contributed by atoms with E-state index in [1.807, 2.05) is 19.1 Å². The maximum absolute atomic E-state index is 11.2. The maximum atomic E-state index is 11.2. The predicted molar refractivity (Wildman–Crippen MR) is 68.3 cm³/mol. The molecular weight excluding hydrogens is 230 g/mol. The molecule has 2 rings (SSSR count). The number of rotatable bonds is 4. The van der Waals surface area contributed by atoms with E-state index >= 15 is 0 Å². The van der Waals surface area contributed by atoms with E-state index in [1.165, 1.54) is 0 Å². The largest absolute Gasteiger partial charge is 0.481 e. The van der Waals surface area contributed by atoms with Crippen LogP contribution in [-0.4, -0.2) is 28.6 Å². The van der Waals surface area contributed by atoms with E-state index in [1.54, 1.807) is 0 Å². The number of carboxylic acids is 1. The van der Waals surface area contributed by atoms with Crippen LogP contribution in [0.2, 0.25) is 0 Å². The third-order valence-corrected chi connectivity index (χ3v) is 3.86. The Bertz CT molecular complexity index is 413. The van der Waals surface area contributed by atoms with Gasteiger partial charge in [-0.15, -0.1) is 0 Å². The van der Waals surface area contributed by atoms with E-state index in [0.29, 0.717) is 6.54 Å². The third-order valence-electron chi connectivity index (χ3n) is 3.86. The summed E-state index contributed by atoms with van der Waals surface area (Å²) < 4.78 is 5.69. The quantitative estimate of drug-likeness (QED) is 0.893. The molecule has 0 radical (unpaired) electrons. The zero-order valence-electron chi connectivity index (χ0n) is 11.1. The number of aryl methyl sites for hydroxylation is 1. The standard InChI is InChI=1S/C14H21NO3/c1-3-11-6-7-12(18-11)9-15-8-4-5-13(10(15)2)14(16)17/h6-7,10,13H,3-5,8-9H2,1-2H3,(H,16,17)/t10-,13-/m0/s1. The second-order valence-corrected chi connectivity index (χ2v) is 5.02. The lowest BCUT2D eigenvalue weighted by Gasteiger charge is -2.36. The summed E-state index contributed by atoms with van der Waals surface area (Å²) in [5.41, 5.74) is 0. The van der Waals surface area contributed by atoms with Crippen LogP contribution in [0.25, 0.3) is 0 Å². The Hall–Kier alpha value is -1.29. The Kier molecular flexibility index (Phi) is 4.07. The average Bonchev–Trinajstić information content (AvgIpc) is 2.79. The Morgan fingerprint density at radius 2 is 2.22 bits per heavy atom. The van der Waals surface area contributed by atoms with Gasteiger partial charge in [-0.25, -0.2) is 0 Å². The summed E-state index contributed by atoms with van der Waals surface area (Å²) in [7, 11) is 0. The van der Waals surface area contributed by atoms with Gasteiger partial charge in [-0.05, 0) is 38.4 Å². The lowest BCUT2D eigenvalue weighted by Crippen LogP contribution is -2.45. The van der Waals surface area contributed by atoms with Gasteiger partial charge < -0.3 is 9.52 Å². The monoisotopic (exact) mass is 251 g/mol. The van der Waals surface area contributed by atoms with Crippen molar-refractivity contribution < 1.29 is 14.3 Å². The first kappa shape index (κ1) is 13.1. The molecule has 4 nitrogen and oxygen atoms in total. The molecule has 0 spiro atoms. The predicted octanol–water partition coefficient (Wildman–Crippen LogP) is 2.53. The Morgan fingerprint density at radius 3 is 2.83 bits per heavy atom. The van der Waals surface area contributed by atoms with Gasteiger partial charge in [-0.3, -0.25) is 9.69 Å². The molecule has 4 heteroatoms. The molecule has 0 saturated carbocycles. The smallest absolute Gasteiger partial charge is 0.308 e. The minimum Gasteiger partial charge on any atom is -0.481 e. The molecule has 1 fully saturated rings. The Labute approximate surface area is 108 Å². The zero-order chi connectivity index (χ0) is 13.1. The van der Waals surface area contributed by atoms with Crippen molar-refractivity contribution in [3.63, 3.8) is 0 Å². The summed E-state index contributed by atoms with van der Waals surface area (Å²) in [5.74, 6) is 0.995. The van der Waals surface area contributed by atoms with Crippen LogP contribution in [0.5, 0.6) is 0 Å². The van der Waals surface area contributed by atoms with Crippen LogP contribution in [0.15, 0.2) is 16.5 Å². The highest BCUT2D eigenvalue weighted by Crippen LogP contribution is 2.25. The lowest BCUT2D eigenvalue weighted by molar-refractivity contribution is -0.145. The molecule has 0 aromatic carbocycles. The molecule has 0 bridgehead atoms. The summed E-state index contributed by atoms with van der Waals surface area (Å²) in [6, 6.07) is 4.07. The van der Waals surface area contributed by atoms with Gasteiger partial charge in [-0.1, -0.05) is 6.92 Å². The number of nitrogens with zero attached hydrogens (tertiary/aromatic N) is 1. The summed E-state index contributed by atoms with van der Waals surface area (Å²) in [6.45, 7) is 5.73. The average molecular weight is 251 g/mol. The van der Waals surface area contributed by atoms with Gasteiger partial charge in [0.2, 0.25) is 0 Å². The molecule has 1 aromatic rings. The molecule has 100 valence electrons. The van der Waals surface area contributed by atoms with Crippen LogP contribution in [0.4, 0.5) is 0 Å². The van der Waals surface area contributed by atoms with Gasteiger partial charge in [0.25, 0.3) is 0 Å². The lowest BCUT2D eigenvalue weighted by atomic mass is 9.90. The molecule has 0 unspecified atom stereocenters. The normalized spacial score (nSPS) is 25.2. The van der Waals surface area contributed by atoms with E-state index in [-0.39, 0.29) is 12.0 Å². The topological polar surface area (TPSA) is 53.7 Å². The minimum atomic E-state index is -0.680. The molecular formula is C14H21NO3. The summed E-state index contributed by atoms with van der Waals surface area (Å²) in [5, 5.41) is 9.18. The van der Waals surface area contributed by atoms with Gasteiger partial charge in [0.05, 0.1) is 12.5 Å². The number of furan rings is 1. The van der Waals surface area contributed by atoms with Crippen LogP contribution in [0, 0.1) is 5.92 Å². The van der Waals surface area contributed by atoms with E-state index in [4.69, 9.17) is 4.42 Å². The van der Waals surface area contributed by atoms with E-state index < -0.39 is 5.97 Å². The number of hydrogen-bond donors (Lipinski definition) is 1. The first-order chi connectivity index (χ1) is 8.61. The summed E-state index contributed by atoms with van der Waals surface area (Å²) in [4.78, 5) is 13.4. The Balaban J connectivity index is 2.01. The van der Waals surface area contributed by atoms with Gasteiger partial charge in [0.1, 0.15) is 11.5 Å². The summed E-state index contributed by atoms with van der Waals surface area (Å²) in [6.07, 6.45) is 2.63. The number of carbonyl (C=O) groups is 1. The molecule has 2 heterocycles. The summed E-state index contributed by atoms with van der Waals surface area (Å²) >= 11 is 0.